The zero-order chi connectivity index (χ0) is 20.6. The third kappa shape index (κ3) is 3.36. The summed E-state index contributed by atoms with van der Waals surface area (Å²) in [6, 6.07) is 19.2. The van der Waals surface area contributed by atoms with Gasteiger partial charge in [0.25, 0.3) is 0 Å². The first kappa shape index (κ1) is 19.1. The number of nitrogens with zero attached hydrogens (tertiary/aromatic N) is 1. The maximum Gasteiger partial charge on any atom is 0.214 e. The molecule has 3 aromatic carbocycles. The van der Waals surface area contributed by atoms with Crippen molar-refractivity contribution in [2.45, 2.75) is 18.2 Å². The molecule has 0 bridgehead atoms. The first-order chi connectivity index (χ1) is 13.9. The van der Waals surface area contributed by atoms with Crippen molar-refractivity contribution in [1.82, 2.24) is 0 Å². The predicted molar refractivity (Wildman–Crippen MR) is 110 cm³/mol. The van der Waals surface area contributed by atoms with E-state index in [1.165, 1.54) is 18.3 Å². The molecule has 29 heavy (non-hydrogen) atoms. The second-order valence-electron chi connectivity index (χ2n) is 6.69. The van der Waals surface area contributed by atoms with Gasteiger partial charge in [-0.15, -0.1) is 0 Å². The number of Topliss-reactive ketones (excluding diaryl/α,β-unsaturated/α-hetero) is 1. The van der Waals surface area contributed by atoms with Crippen LogP contribution in [-0.4, -0.2) is 14.2 Å². The fraction of sp³-hybridized carbons (Fsp3) is 0.0870. The van der Waals surface area contributed by atoms with Crippen LogP contribution in [0.15, 0.2) is 88.8 Å². The van der Waals surface area contributed by atoms with Gasteiger partial charge in [-0.1, -0.05) is 49.4 Å². The lowest BCUT2D eigenvalue weighted by Gasteiger charge is -2.29. The Bertz CT molecular complexity index is 1220. The molecule has 0 atom stereocenters. The number of carbonyl (C=O) groups is 1. The molecule has 0 N–H and O–H groups in total. The van der Waals surface area contributed by atoms with Crippen LogP contribution in [0.25, 0.3) is 0 Å². The summed E-state index contributed by atoms with van der Waals surface area (Å²) in [5.74, 6) is -1.16. The second-order valence-corrected chi connectivity index (χ2v) is 8.58. The van der Waals surface area contributed by atoms with Gasteiger partial charge in [0.2, 0.25) is 15.6 Å². The Morgan fingerprint density at radius 3 is 2.31 bits per heavy atom. The van der Waals surface area contributed by atoms with E-state index in [2.05, 4.69) is 0 Å². The first-order valence-corrected chi connectivity index (χ1v) is 10.6. The van der Waals surface area contributed by atoms with Crippen molar-refractivity contribution in [1.29, 1.82) is 0 Å². The summed E-state index contributed by atoms with van der Waals surface area (Å²) in [5.41, 5.74) is 2.21. The Balaban J connectivity index is 1.92. The molecule has 3 aromatic rings. The maximum absolute atomic E-state index is 14.0. The van der Waals surface area contributed by atoms with Crippen molar-refractivity contribution in [2.75, 3.05) is 4.90 Å². The number of carbonyl (C=O) groups excluding carboxylic acids is 1. The van der Waals surface area contributed by atoms with E-state index in [0.717, 1.165) is 18.1 Å². The van der Waals surface area contributed by atoms with E-state index in [-0.39, 0.29) is 21.1 Å². The van der Waals surface area contributed by atoms with Crippen molar-refractivity contribution < 1.29 is 17.6 Å². The molecule has 1 aliphatic heterocycles. The first-order valence-electron chi connectivity index (χ1n) is 9.16. The van der Waals surface area contributed by atoms with E-state index in [1.807, 2.05) is 31.2 Å². The third-order valence-electron chi connectivity index (χ3n) is 4.89. The SMILES string of the molecule is CCc1ccc(N2C=C(C(=O)c3ccccc3)S(=O)(=O)c3ccc(F)cc32)cc1. The standard InChI is InChI=1S/C23H18FNO3S/c1-2-16-8-11-19(12-9-16)25-15-22(23(26)17-6-4-3-5-7-17)29(27,28)21-13-10-18(24)14-20(21)25/h3-15H,2H2,1H3. The van der Waals surface area contributed by atoms with Gasteiger partial charge in [-0.25, -0.2) is 12.8 Å². The van der Waals surface area contributed by atoms with Gasteiger partial charge in [0, 0.05) is 17.5 Å². The minimum Gasteiger partial charge on any atom is -0.314 e. The fourth-order valence-corrected chi connectivity index (χ4v) is 4.82. The molecule has 0 aromatic heterocycles. The van der Waals surface area contributed by atoms with Crippen LogP contribution in [0.1, 0.15) is 22.8 Å². The molecule has 146 valence electrons. The third-order valence-corrected chi connectivity index (χ3v) is 6.68. The molecule has 0 radical (unpaired) electrons. The minimum atomic E-state index is -4.10. The maximum atomic E-state index is 14.0. The Hall–Kier alpha value is -3.25. The number of sulfone groups is 1. The topological polar surface area (TPSA) is 54.5 Å². The Labute approximate surface area is 168 Å². The number of rotatable bonds is 4. The van der Waals surface area contributed by atoms with E-state index < -0.39 is 21.4 Å². The van der Waals surface area contributed by atoms with Gasteiger partial charge < -0.3 is 4.90 Å². The number of benzene rings is 3. The highest BCUT2D eigenvalue weighted by atomic mass is 32.2. The van der Waals surface area contributed by atoms with E-state index in [9.17, 15) is 17.6 Å². The molecule has 0 saturated carbocycles. The van der Waals surface area contributed by atoms with E-state index >= 15 is 0 Å². The van der Waals surface area contributed by atoms with E-state index in [1.54, 1.807) is 35.2 Å². The molecule has 0 saturated heterocycles. The molecule has 6 heteroatoms. The number of anilines is 2. The highest BCUT2D eigenvalue weighted by molar-refractivity contribution is 7.96. The quantitative estimate of drug-likeness (QED) is 0.449. The fourth-order valence-electron chi connectivity index (χ4n) is 3.30. The van der Waals surface area contributed by atoms with Crippen LogP contribution < -0.4 is 4.90 Å². The molecule has 0 fully saturated rings. The summed E-state index contributed by atoms with van der Waals surface area (Å²) >= 11 is 0. The average Bonchev–Trinajstić information content (AvgIpc) is 2.74. The molecule has 0 aliphatic carbocycles. The number of aryl methyl sites for hydroxylation is 1. The zero-order valence-corrected chi connectivity index (χ0v) is 16.5. The van der Waals surface area contributed by atoms with Crippen LogP contribution >= 0.6 is 0 Å². The van der Waals surface area contributed by atoms with Gasteiger partial charge in [0.15, 0.2) is 0 Å². The van der Waals surface area contributed by atoms with Gasteiger partial charge in [-0.05, 0) is 42.3 Å². The molecule has 0 spiro atoms. The van der Waals surface area contributed by atoms with Crippen molar-refractivity contribution in [2.24, 2.45) is 0 Å². The van der Waals surface area contributed by atoms with Crippen LogP contribution in [0.3, 0.4) is 0 Å². The van der Waals surface area contributed by atoms with Crippen molar-refractivity contribution in [3.8, 4) is 0 Å². The van der Waals surface area contributed by atoms with Crippen molar-refractivity contribution >= 4 is 27.0 Å². The predicted octanol–water partition coefficient (Wildman–Crippen LogP) is 5.04. The lowest BCUT2D eigenvalue weighted by molar-refractivity contribution is 0.104. The molecule has 1 aliphatic rings. The highest BCUT2D eigenvalue weighted by Crippen LogP contribution is 2.40. The molecule has 4 nitrogen and oxygen atoms in total. The largest absolute Gasteiger partial charge is 0.314 e. The van der Waals surface area contributed by atoms with Crippen LogP contribution in [-0.2, 0) is 16.3 Å². The number of allylic oxidation sites excluding steroid dienone is 1. The van der Waals surface area contributed by atoms with Crippen LogP contribution in [0.4, 0.5) is 15.8 Å². The van der Waals surface area contributed by atoms with Gasteiger partial charge in [0.1, 0.15) is 10.7 Å². The van der Waals surface area contributed by atoms with Crippen LogP contribution in [0.5, 0.6) is 0 Å². The smallest absolute Gasteiger partial charge is 0.214 e. The average molecular weight is 407 g/mol. The van der Waals surface area contributed by atoms with E-state index in [0.29, 0.717) is 5.69 Å². The van der Waals surface area contributed by atoms with Crippen LogP contribution in [0, 0.1) is 5.82 Å². The molecular formula is C23H18FNO3S. The lowest BCUT2D eigenvalue weighted by Crippen LogP contribution is -2.26. The van der Waals surface area contributed by atoms with Crippen LogP contribution in [0.2, 0.25) is 0 Å². The van der Waals surface area contributed by atoms with Gasteiger partial charge in [-0.2, -0.15) is 0 Å². The Morgan fingerprint density at radius 2 is 1.66 bits per heavy atom. The van der Waals surface area contributed by atoms with Gasteiger partial charge >= 0.3 is 0 Å². The van der Waals surface area contributed by atoms with Gasteiger partial charge in [-0.3, -0.25) is 4.79 Å². The number of hydrogen-bond acceptors (Lipinski definition) is 4. The molecule has 4 rings (SSSR count). The van der Waals surface area contributed by atoms with Gasteiger partial charge in [0.05, 0.1) is 10.6 Å². The molecule has 0 amide bonds. The summed E-state index contributed by atoms with van der Waals surface area (Å²) in [4.78, 5) is 14.1. The van der Waals surface area contributed by atoms with Crippen molar-refractivity contribution in [3.63, 3.8) is 0 Å². The number of fused-ring (bicyclic) bond motifs is 1. The number of halogens is 1. The highest BCUT2D eigenvalue weighted by Gasteiger charge is 2.36. The summed E-state index contributed by atoms with van der Waals surface area (Å²) in [5, 5.41) is 0. The molecule has 1 heterocycles. The summed E-state index contributed by atoms with van der Waals surface area (Å²) in [6.07, 6.45) is 2.14. The number of hydrogen-bond donors (Lipinski definition) is 0. The number of ketones is 1. The monoisotopic (exact) mass is 407 g/mol. The summed E-state index contributed by atoms with van der Waals surface area (Å²) in [6.45, 7) is 2.03. The molecular weight excluding hydrogens is 389 g/mol. The van der Waals surface area contributed by atoms with Crippen molar-refractivity contribution in [3.05, 3.63) is 101 Å². The molecule has 0 unspecified atom stereocenters. The van der Waals surface area contributed by atoms with E-state index in [4.69, 9.17) is 0 Å². The second kappa shape index (κ2) is 7.29. The lowest BCUT2D eigenvalue weighted by atomic mass is 10.1. The Kier molecular flexibility index (Phi) is 4.80. The summed E-state index contributed by atoms with van der Waals surface area (Å²) < 4.78 is 40.3. The minimum absolute atomic E-state index is 0.0970. The Morgan fingerprint density at radius 1 is 0.966 bits per heavy atom. The summed E-state index contributed by atoms with van der Waals surface area (Å²) in [7, 11) is -4.10. The zero-order valence-electron chi connectivity index (χ0n) is 15.7. The normalized spacial score (nSPS) is 14.8.